The minimum Gasteiger partial charge on any atom is -0.399 e. The van der Waals surface area contributed by atoms with E-state index in [0.717, 1.165) is 23.8 Å². The fraction of sp³-hybridized carbons (Fsp3) is 0.143. The lowest BCUT2D eigenvalue weighted by Crippen LogP contribution is -2.03. The minimum atomic E-state index is -1.52. The van der Waals surface area contributed by atoms with Gasteiger partial charge in [-0.2, -0.15) is 0 Å². The van der Waals surface area contributed by atoms with E-state index < -0.39 is 21.5 Å². The third-order valence-corrected chi connectivity index (χ3v) is 4.49. The highest BCUT2D eigenvalue weighted by atomic mass is 32.2. The molecular weight excluding hydrogens is 295 g/mol. The third kappa shape index (κ3) is 3.43. The van der Waals surface area contributed by atoms with E-state index >= 15 is 0 Å². The average Bonchev–Trinajstić information content (AvgIpc) is 2.37. The minimum absolute atomic E-state index is 0.106. The highest BCUT2D eigenvalue weighted by Gasteiger charge is 2.18. The quantitative estimate of drug-likeness (QED) is 0.534. The Bertz CT molecular complexity index is 734. The molecule has 5 nitrogen and oxygen atoms in total. The van der Waals surface area contributed by atoms with E-state index in [1.54, 1.807) is 25.1 Å². The summed E-state index contributed by atoms with van der Waals surface area (Å²) in [7, 11) is -1.52. The highest BCUT2D eigenvalue weighted by molar-refractivity contribution is 7.84. The second-order valence-electron chi connectivity index (χ2n) is 4.54. The number of rotatable bonds is 4. The van der Waals surface area contributed by atoms with Gasteiger partial charge >= 0.3 is 0 Å². The molecular formula is C14H13FN2O3S. The lowest BCUT2D eigenvalue weighted by Gasteiger charge is -2.07. The predicted molar refractivity (Wildman–Crippen MR) is 78.8 cm³/mol. The second-order valence-corrected chi connectivity index (χ2v) is 5.96. The Labute approximate surface area is 123 Å². The van der Waals surface area contributed by atoms with Crippen molar-refractivity contribution in [3.63, 3.8) is 0 Å². The summed E-state index contributed by atoms with van der Waals surface area (Å²) >= 11 is 0. The summed E-state index contributed by atoms with van der Waals surface area (Å²) in [5.41, 5.74) is 6.77. The molecule has 0 fully saturated rings. The molecule has 0 spiro atoms. The zero-order valence-electron chi connectivity index (χ0n) is 11.2. The summed E-state index contributed by atoms with van der Waals surface area (Å²) in [6, 6.07) is 8.04. The number of nitro benzene ring substituents is 1. The molecule has 0 amide bonds. The van der Waals surface area contributed by atoms with Crippen molar-refractivity contribution in [1.82, 2.24) is 0 Å². The van der Waals surface area contributed by atoms with Gasteiger partial charge in [0.2, 0.25) is 0 Å². The predicted octanol–water partition coefficient (Wildman–Crippen LogP) is 2.93. The summed E-state index contributed by atoms with van der Waals surface area (Å²) in [5.74, 6) is -0.722. The lowest BCUT2D eigenvalue weighted by atomic mass is 10.2. The van der Waals surface area contributed by atoms with Gasteiger partial charge in [0.25, 0.3) is 5.69 Å². The van der Waals surface area contributed by atoms with Crippen molar-refractivity contribution < 1.29 is 13.5 Å². The summed E-state index contributed by atoms with van der Waals surface area (Å²) < 4.78 is 25.6. The van der Waals surface area contributed by atoms with Crippen LogP contribution < -0.4 is 5.73 Å². The van der Waals surface area contributed by atoms with Gasteiger partial charge in [-0.1, -0.05) is 0 Å². The molecule has 0 aliphatic rings. The monoisotopic (exact) mass is 308 g/mol. The topological polar surface area (TPSA) is 86.2 Å². The van der Waals surface area contributed by atoms with E-state index in [1.807, 2.05) is 0 Å². The number of hydrogen-bond donors (Lipinski definition) is 1. The van der Waals surface area contributed by atoms with E-state index in [0.29, 0.717) is 10.6 Å². The molecule has 0 bridgehead atoms. The van der Waals surface area contributed by atoms with Crippen LogP contribution in [0.15, 0.2) is 41.3 Å². The Balaban J connectivity index is 2.35. The number of nitrogens with zero attached hydrogens (tertiary/aromatic N) is 1. The van der Waals surface area contributed by atoms with Crippen LogP contribution in [0.1, 0.15) is 11.1 Å². The van der Waals surface area contributed by atoms with Gasteiger partial charge in [0.05, 0.1) is 21.5 Å². The van der Waals surface area contributed by atoms with Crippen molar-refractivity contribution in [1.29, 1.82) is 0 Å². The van der Waals surface area contributed by atoms with Crippen LogP contribution in [0.3, 0.4) is 0 Å². The first-order valence-corrected chi connectivity index (χ1v) is 7.37. The zero-order valence-corrected chi connectivity index (χ0v) is 12.0. The first-order chi connectivity index (χ1) is 9.88. The number of aryl methyl sites for hydroxylation is 1. The number of benzene rings is 2. The third-order valence-electron chi connectivity index (χ3n) is 2.97. The Hall–Kier alpha value is -2.28. The molecule has 21 heavy (non-hydrogen) atoms. The van der Waals surface area contributed by atoms with Crippen LogP contribution >= 0.6 is 0 Å². The molecule has 2 N–H and O–H groups in total. The maximum Gasteiger partial charge on any atom is 0.273 e. The molecule has 0 aliphatic heterocycles. The highest BCUT2D eigenvalue weighted by Crippen LogP contribution is 2.25. The molecule has 7 heteroatoms. The number of nitrogens with two attached hydrogens (primary N) is 1. The van der Waals surface area contributed by atoms with Crippen LogP contribution in [0.4, 0.5) is 15.8 Å². The number of hydrogen-bond acceptors (Lipinski definition) is 4. The lowest BCUT2D eigenvalue weighted by molar-refractivity contribution is -0.385. The van der Waals surface area contributed by atoms with Crippen LogP contribution in [0.25, 0.3) is 0 Å². The summed E-state index contributed by atoms with van der Waals surface area (Å²) in [4.78, 5) is 10.9. The maximum absolute atomic E-state index is 13.3. The molecule has 2 rings (SSSR count). The molecule has 0 saturated carbocycles. The standard InChI is InChI=1S/C14H13FN2O3S/c1-9-6-12(16)3-5-14(9)21(20)8-10-7-11(15)2-4-13(10)17(18)19/h2-7H,8,16H2,1H3. The SMILES string of the molecule is Cc1cc(N)ccc1S(=O)Cc1cc(F)ccc1[N+](=O)[O-]. The molecule has 0 aromatic heterocycles. The van der Waals surface area contributed by atoms with Gasteiger partial charge in [-0.05, 0) is 42.8 Å². The van der Waals surface area contributed by atoms with Crippen LogP contribution in [-0.4, -0.2) is 9.13 Å². The molecule has 1 unspecified atom stereocenters. The Kier molecular flexibility index (Phi) is 4.32. The fourth-order valence-corrected chi connectivity index (χ4v) is 3.30. The Morgan fingerprint density at radius 1 is 1.29 bits per heavy atom. The largest absolute Gasteiger partial charge is 0.399 e. The van der Waals surface area contributed by atoms with Gasteiger partial charge in [-0.15, -0.1) is 0 Å². The van der Waals surface area contributed by atoms with Crippen molar-refractivity contribution in [3.05, 3.63) is 63.5 Å². The number of anilines is 1. The van der Waals surface area contributed by atoms with Crippen molar-refractivity contribution in [2.24, 2.45) is 0 Å². The molecule has 2 aromatic rings. The first-order valence-electron chi connectivity index (χ1n) is 6.06. The molecule has 2 aromatic carbocycles. The van der Waals surface area contributed by atoms with E-state index in [9.17, 15) is 18.7 Å². The Morgan fingerprint density at radius 3 is 2.62 bits per heavy atom. The molecule has 0 heterocycles. The smallest absolute Gasteiger partial charge is 0.273 e. The van der Waals surface area contributed by atoms with Gasteiger partial charge in [0.1, 0.15) is 5.82 Å². The van der Waals surface area contributed by atoms with Crippen LogP contribution in [0, 0.1) is 22.9 Å². The van der Waals surface area contributed by atoms with Gasteiger partial charge in [0, 0.05) is 22.2 Å². The van der Waals surface area contributed by atoms with E-state index in [1.165, 1.54) is 0 Å². The van der Waals surface area contributed by atoms with Crippen LogP contribution in [-0.2, 0) is 16.6 Å². The van der Waals surface area contributed by atoms with Crippen molar-refractivity contribution >= 4 is 22.2 Å². The maximum atomic E-state index is 13.3. The number of nitrogen functional groups attached to an aromatic ring is 1. The fourth-order valence-electron chi connectivity index (χ4n) is 1.99. The van der Waals surface area contributed by atoms with Crippen LogP contribution in [0.5, 0.6) is 0 Å². The van der Waals surface area contributed by atoms with Gasteiger partial charge in [-0.25, -0.2) is 4.39 Å². The van der Waals surface area contributed by atoms with Gasteiger partial charge < -0.3 is 5.73 Å². The second kappa shape index (κ2) is 6.01. The van der Waals surface area contributed by atoms with Gasteiger partial charge in [-0.3, -0.25) is 14.3 Å². The van der Waals surface area contributed by atoms with Crippen molar-refractivity contribution in [2.75, 3.05) is 5.73 Å². The molecule has 1 atom stereocenters. The summed E-state index contributed by atoms with van der Waals surface area (Å²) in [6.45, 7) is 1.75. The van der Waals surface area contributed by atoms with Gasteiger partial charge in [0.15, 0.2) is 0 Å². The zero-order chi connectivity index (χ0) is 15.6. The van der Waals surface area contributed by atoms with Crippen molar-refractivity contribution in [3.8, 4) is 0 Å². The first kappa shape index (κ1) is 15.1. The van der Waals surface area contributed by atoms with Crippen LogP contribution in [0.2, 0.25) is 0 Å². The average molecular weight is 308 g/mol. The normalized spacial score (nSPS) is 12.1. The summed E-state index contributed by atoms with van der Waals surface area (Å²) in [5, 5.41) is 10.9. The number of halogens is 1. The molecule has 0 saturated heterocycles. The number of nitro groups is 1. The van der Waals surface area contributed by atoms with E-state index in [2.05, 4.69) is 0 Å². The summed E-state index contributed by atoms with van der Waals surface area (Å²) in [6.07, 6.45) is 0. The molecule has 110 valence electrons. The Morgan fingerprint density at radius 2 is 2.00 bits per heavy atom. The van der Waals surface area contributed by atoms with E-state index in [4.69, 9.17) is 5.73 Å². The molecule has 0 radical (unpaired) electrons. The van der Waals surface area contributed by atoms with E-state index in [-0.39, 0.29) is 17.0 Å². The van der Waals surface area contributed by atoms with Crippen molar-refractivity contribution in [2.45, 2.75) is 17.6 Å². The molecule has 0 aliphatic carbocycles.